The molecule has 0 saturated carbocycles. The minimum atomic E-state index is 0.231. The predicted molar refractivity (Wildman–Crippen MR) is 89.4 cm³/mol. The number of allylic oxidation sites excluding steroid dienone is 2. The molecule has 0 radical (unpaired) electrons. The fourth-order valence-corrected chi connectivity index (χ4v) is 3.58. The van der Waals surface area contributed by atoms with Gasteiger partial charge in [0.15, 0.2) is 5.78 Å². The highest BCUT2D eigenvalue weighted by atomic mass is 16.1. The maximum Gasteiger partial charge on any atom is 0.157 e. The Balaban J connectivity index is 2.17. The van der Waals surface area contributed by atoms with Crippen molar-refractivity contribution in [1.82, 2.24) is 5.32 Å². The van der Waals surface area contributed by atoms with Gasteiger partial charge >= 0.3 is 0 Å². The molecule has 0 bridgehead atoms. The van der Waals surface area contributed by atoms with Crippen LogP contribution in [0.3, 0.4) is 0 Å². The van der Waals surface area contributed by atoms with E-state index in [0.717, 1.165) is 18.5 Å². The second-order valence-electron chi connectivity index (χ2n) is 6.58. The molecule has 1 heterocycles. The molecular formula is C19H31NO. The lowest BCUT2D eigenvalue weighted by molar-refractivity contribution is -0.114. The maximum atomic E-state index is 12.1. The van der Waals surface area contributed by atoms with Crippen molar-refractivity contribution < 1.29 is 4.79 Å². The summed E-state index contributed by atoms with van der Waals surface area (Å²) in [4.78, 5) is 12.1. The molecule has 21 heavy (non-hydrogen) atoms. The van der Waals surface area contributed by atoms with Crippen molar-refractivity contribution in [3.63, 3.8) is 0 Å². The van der Waals surface area contributed by atoms with Crippen molar-refractivity contribution in [3.8, 4) is 0 Å². The lowest BCUT2D eigenvalue weighted by atomic mass is 9.86. The van der Waals surface area contributed by atoms with E-state index in [1.54, 1.807) is 6.92 Å². The third-order valence-electron chi connectivity index (χ3n) is 4.82. The zero-order valence-corrected chi connectivity index (χ0v) is 13.6. The van der Waals surface area contributed by atoms with Crippen LogP contribution in [0, 0.1) is 5.92 Å². The van der Waals surface area contributed by atoms with Crippen molar-refractivity contribution in [2.24, 2.45) is 5.92 Å². The van der Waals surface area contributed by atoms with E-state index in [4.69, 9.17) is 0 Å². The summed E-state index contributed by atoms with van der Waals surface area (Å²) in [6.45, 7) is 2.77. The number of Topliss-reactive ketones (excluding diaryl/α,β-unsaturated/α-hetero) is 1. The summed E-state index contributed by atoms with van der Waals surface area (Å²) in [5.74, 6) is 0.735. The van der Waals surface area contributed by atoms with Crippen LogP contribution < -0.4 is 5.32 Å². The van der Waals surface area contributed by atoms with E-state index < -0.39 is 0 Å². The molecule has 0 amide bonds. The van der Waals surface area contributed by atoms with Gasteiger partial charge in [0.25, 0.3) is 0 Å². The second-order valence-corrected chi connectivity index (χ2v) is 6.58. The van der Waals surface area contributed by atoms with E-state index >= 15 is 0 Å². The Bertz CT molecular complexity index is 383. The average Bonchev–Trinajstić information content (AvgIpc) is 2.68. The SMILES string of the molecule is CC(=O)C1=CCCCCCNC1C1C=CCCCCCC1. The van der Waals surface area contributed by atoms with E-state index in [-0.39, 0.29) is 11.8 Å². The van der Waals surface area contributed by atoms with Crippen LogP contribution in [0.25, 0.3) is 0 Å². The van der Waals surface area contributed by atoms with Gasteiger partial charge in [-0.3, -0.25) is 4.79 Å². The Morgan fingerprint density at radius 2 is 1.81 bits per heavy atom. The molecule has 118 valence electrons. The molecule has 2 aliphatic rings. The van der Waals surface area contributed by atoms with Crippen molar-refractivity contribution in [1.29, 1.82) is 0 Å². The highest BCUT2D eigenvalue weighted by molar-refractivity contribution is 5.94. The lowest BCUT2D eigenvalue weighted by Crippen LogP contribution is -2.39. The molecule has 0 fully saturated rings. The summed E-state index contributed by atoms with van der Waals surface area (Å²) >= 11 is 0. The summed E-state index contributed by atoms with van der Waals surface area (Å²) in [7, 11) is 0. The first-order valence-electron chi connectivity index (χ1n) is 8.90. The van der Waals surface area contributed by atoms with Gasteiger partial charge in [0.05, 0.1) is 0 Å². The van der Waals surface area contributed by atoms with Crippen LogP contribution in [0.2, 0.25) is 0 Å². The number of carbonyl (C=O) groups is 1. The Hall–Kier alpha value is -0.890. The molecule has 2 unspecified atom stereocenters. The summed E-state index contributed by atoms with van der Waals surface area (Å²) in [5.41, 5.74) is 1.03. The maximum absolute atomic E-state index is 12.1. The molecule has 0 spiro atoms. The van der Waals surface area contributed by atoms with Gasteiger partial charge in [0, 0.05) is 11.6 Å². The first-order valence-corrected chi connectivity index (χ1v) is 8.90. The van der Waals surface area contributed by atoms with Crippen molar-refractivity contribution in [2.45, 2.75) is 77.2 Å². The number of hydrogen-bond acceptors (Lipinski definition) is 2. The van der Waals surface area contributed by atoms with E-state index in [1.807, 2.05) is 0 Å². The van der Waals surface area contributed by atoms with Gasteiger partial charge in [-0.15, -0.1) is 0 Å². The monoisotopic (exact) mass is 289 g/mol. The Morgan fingerprint density at radius 3 is 2.67 bits per heavy atom. The van der Waals surface area contributed by atoms with Gasteiger partial charge in [-0.25, -0.2) is 0 Å². The molecule has 0 aromatic rings. The quantitative estimate of drug-likeness (QED) is 0.755. The van der Waals surface area contributed by atoms with Gasteiger partial charge in [0.1, 0.15) is 0 Å². The zero-order valence-electron chi connectivity index (χ0n) is 13.6. The summed E-state index contributed by atoms with van der Waals surface area (Å²) in [6, 6.07) is 0.231. The molecule has 2 nitrogen and oxygen atoms in total. The van der Waals surface area contributed by atoms with Crippen molar-refractivity contribution in [3.05, 3.63) is 23.8 Å². The van der Waals surface area contributed by atoms with Gasteiger partial charge in [-0.2, -0.15) is 0 Å². The van der Waals surface area contributed by atoms with Crippen LogP contribution in [0.5, 0.6) is 0 Å². The van der Waals surface area contributed by atoms with Crippen LogP contribution >= 0.6 is 0 Å². The van der Waals surface area contributed by atoms with E-state index in [9.17, 15) is 4.79 Å². The Labute approximate surface area is 130 Å². The molecule has 0 saturated heterocycles. The molecule has 1 aliphatic heterocycles. The highest BCUT2D eigenvalue weighted by Crippen LogP contribution is 2.25. The number of nitrogens with one attached hydrogen (secondary N) is 1. The van der Waals surface area contributed by atoms with Gasteiger partial charge in [-0.05, 0) is 57.9 Å². The standard InChI is InChI=1S/C19H31NO/c1-16(21)18-14-10-6-7-11-15-20-19(18)17-12-8-4-2-3-5-9-13-17/h8,12,14,17,19-20H,2-7,9-11,13,15H2,1H3. The van der Waals surface area contributed by atoms with Crippen molar-refractivity contribution in [2.75, 3.05) is 6.54 Å². The molecule has 2 atom stereocenters. The molecule has 1 aliphatic carbocycles. The Kier molecular flexibility index (Phi) is 7.21. The normalized spacial score (nSPS) is 29.1. The first kappa shape index (κ1) is 16.5. The van der Waals surface area contributed by atoms with Crippen molar-refractivity contribution >= 4 is 5.78 Å². The second kappa shape index (κ2) is 9.19. The number of carbonyl (C=O) groups excluding carboxylic acids is 1. The molecular weight excluding hydrogens is 258 g/mol. The Morgan fingerprint density at radius 1 is 1.05 bits per heavy atom. The fourth-order valence-electron chi connectivity index (χ4n) is 3.58. The van der Waals surface area contributed by atoms with E-state index in [1.165, 1.54) is 57.8 Å². The minimum Gasteiger partial charge on any atom is -0.309 e. The van der Waals surface area contributed by atoms with Crippen LogP contribution in [-0.4, -0.2) is 18.4 Å². The van der Waals surface area contributed by atoms with Crippen LogP contribution in [0.1, 0.15) is 71.1 Å². The van der Waals surface area contributed by atoms with E-state index in [0.29, 0.717) is 5.92 Å². The first-order chi connectivity index (χ1) is 10.3. The van der Waals surface area contributed by atoms with E-state index in [2.05, 4.69) is 23.5 Å². The highest BCUT2D eigenvalue weighted by Gasteiger charge is 2.25. The zero-order chi connectivity index (χ0) is 14.9. The smallest absolute Gasteiger partial charge is 0.157 e. The third-order valence-corrected chi connectivity index (χ3v) is 4.82. The van der Waals surface area contributed by atoms with Gasteiger partial charge in [0.2, 0.25) is 0 Å². The number of rotatable bonds is 2. The average molecular weight is 289 g/mol. The predicted octanol–water partition coefficient (Wildman–Crippen LogP) is 4.56. The molecule has 2 heteroatoms. The topological polar surface area (TPSA) is 29.1 Å². The molecule has 1 N–H and O–H groups in total. The molecule has 0 aromatic heterocycles. The minimum absolute atomic E-state index is 0.231. The van der Waals surface area contributed by atoms with Gasteiger partial charge < -0.3 is 5.32 Å². The fraction of sp³-hybridized carbons (Fsp3) is 0.737. The largest absolute Gasteiger partial charge is 0.309 e. The molecule has 0 aromatic carbocycles. The van der Waals surface area contributed by atoms with Crippen LogP contribution in [0.4, 0.5) is 0 Å². The van der Waals surface area contributed by atoms with Crippen LogP contribution in [0.15, 0.2) is 23.8 Å². The molecule has 2 rings (SSSR count). The number of ketones is 1. The summed E-state index contributed by atoms with van der Waals surface area (Å²) < 4.78 is 0. The number of hydrogen-bond donors (Lipinski definition) is 1. The lowest BCUT2D eigenvalue weighted by Gasteiger charge is -2.27. The summed E-state index contributed by atoms with van der Waals surface area (Å²) in [6.07, 6.45) is 19.4. The van der Waals surface area contributed by atoms with Gasteiger partial charge in [-0.1, -0.05) is 43.9 Å². The summed E-state index contributed by atoms with van der Waals surface area (Å²) in [5, 5.41) is 3.69. The van der Waals surface area contributed by atoms with Crippen LogP contribution in [-0.2, 0) is 4.79 Å². The third kappa shape index (κ3) is 5.43.